The summed E-state index contributed by atoms with van der Waals surface area (Å²) in [6, 6.07) is 9.02. The third-order valence-electron chi connectivity index (χ3n) is 3.81. The first-order valence-corrected chi connectivity index (χ1v) is 6.42. The third kappa shape index (κ3) is 1.65. The van der Waals surface area contributed by atoms with Crippen LogP contribution in [0.25, 0.3) is 5.76 Å². The van der Waals surface area contributed by atoms with Crippen LogP contribution >= 0.6 is 0 Å². The van der Waals surface area contributed by atoms with Gasteiger partial charge in [0.2, 0.25) is 11.6 Å². The fourth-order valence-electron chi connectivity index (χ4n) is 2.82. The van der Waals surface area contributed by atoms with Gasteiger partial charge in [0, 0.05) is 5.56 Å². The Hall–Kier alpha value is -1.64. The lowest BCUT2D eigenvalue weighted by Gasteiger charge is -2.31. The first kappa shape index (κ1) is 11.5. The summed E-state index contributed by atoms with van der Waals surface area (Å²) in [5, 5.41) is 0. The van der Waals surface area contributed by atoms with Gasteiger partial charge in [-0.1, -0.05) is 36.8 Å². The maximum atomic E-state index is 14.1. The molecule has 1 fully saturated rings. The van der Waals surface area contributed by atoms with Gasteiger partial charge in [-0.3, -0.25) is 4.79 Å². The van der Waals surface area contributed by atoms with Gasteiger partial charge in [-0.2, -0.15) is 4.39 Å². The fourth-order valence-corrected chi connectivity index (χ4v) is 2.82. The lowest BCUT2D eigenvalue weighted by atomic mass is 9.82. The van der Waals surface area contributed by atoms with Gasteiger partial charge in [0.1, 0.15) is 0 Å². The van der Waals surface area contributed by atoms with E-state index in [0.29, 0.717) is 18.4 Å². The zero-order valence-corrected chi connectivity index (χ0v) is 10.1. The zero-order chi connectivity index (χ0) is 12.6. The molecule has 0 saturated heterocycles. The summed E-state index contributed by atoms with van der Waals surface area (Å²) in [6.07, 6.45) is 4.23. The maximum Gasteiger partial charge on any atom is 0.238 e. The number of Topliss-reactive ketones (excluding diaryl/α,β-unsaturated/α-hetero) is 1. The van der Waals surface area contributed by atoms with Crippen LogP contribution in [0.3, 0.4) is 0 Å². The Kier molecular flexibility index (Phi) is 2.69. The normalized spacial score (nSPS) is 22.4. The second-order valence-corrected chi connectivity index (χ2v) is 5.00. The molecule has 0 amide bonds. The Labute approximate surface area is 105 Å². The molecule has 0 atom stereocenters. The summed E-state index contributed by atoms with van der Waals surface area (Å²) in [5.74, 6) is -1.04. The molecule has 3 rings (SSSR count). The molecule has 1 heterocycles. The van der Waals surface area contributed by atoms with Crippen molar-refractivity contribution in [3.8, 4) is 0 Å². The predicted molar refractivity (Wildman–Crippen MR) is 66.4 cm³/mol. The quantitative estimate of drug-likeness (QED) is 0.756. The largest absolute Gasteiger partial charge is 0.475 e. The molecule has 0 aromatic heterocycles. The molecule has 1 aliphatic carbocycles. The minimum absolute atomic E-state index is 0.127. The van der Waals surface area contributed by atoms with Crippen molar-refractivity contribution in [2.75, 3.05) is 0 Å². The second-order valence-electron chi connectivity index (χ2n) is 5.00. The molecule has 18 heavy (non-hydrogen) atoms. The summed E-state index contributed by atoms with van der Waals surface area (Å²) >= 11 is 0. The number of ketones is 1. The van der Waals surface area contributed by atoms with Crippen LogP contribution in [0.4, 0.5) is 4.39 Å². The van der Waals surface area contributed by atoms with Crippen LogP contribution in [-0.2, 0) is 9.53 Å². The summed E-state index contributed by atoms with van der Waals surface area (Å²) < 4.78 is 19.9. The first-order valence-electron chi connectivity index (χ1n) is 6.42. The van der Waals surface area contributed by atoms with Gasteiger partial charge in [0.25, 0.3) is 0 Å². The molecular formula is C15H15FO2. The van der Waals surface area contributed by atoms with E-state index in [2.05, 4.69) is 0 Å². The van der Waals surface area contributed by atoms with Crippen LogP contribution in [0.1, 0.15) is 37.7 Å². The highest BCUT2D eigenvalue weighted by Gasteiger charge is 2.50. The summed E-state index contributed by atoms with van der Waals surface area (Å²) in [4.78, 5) is 12.1. The molecule has 2 nitrogen and oxygen atoms in total. The van der Waals surface area contributed by atoms with Crippen LogP contribution in [0.15, 0.2) is 36.2 Å². The van der Waals surface area contributed by atoms with Crippen molar-refractivity contribution < 1.29 is 13.9 Å². The Morgan fingerprint density at radius 1 is 1.06 bits per heavy atom. The van der Waals surface area contributed by atoms with Crippen molar-refractivity contribution >= 4 is 11.5 Å². The SMILES string of the molecule is O=C1C(F)=C(c2ccccc2)OC12CCCCC2. The van der Waals surface area contributed by atoms with E-state index in [-0.39, 0.29) is 5.76 Å². The van der Waals surface area contributed by atoms with Crippen molar-refractivity contribution in [3.05, 3.63) is 41.7 Å². The highest BCUT2D eigenvalue weighted by molar-refractivity contribution is 6.08. The Bertz CT molecular complexity index is 498. The fraction of sp³-hybridized carbons (Fsp3) is 0.400. The molecule has 0 N–H and O–H groups in total. The van der Waals surface area contributed by atoms with Crippen molar-refractivity contribution in [1.29, 1.82) is 0 Å². The number of halogens is 1. The van der Waals surface area contributed by atoms with E-state index < -0.39 is 17.2 Å². The maximum absolute atomic E-state index is 14.1. The highest BCUT2D eigenvalue weighted by Crippen LogP contribution is 2.44. The molecule has 1 spiro atoms. The van der Waals surface area contributed by atoms with Gasteiger partial charge in [0.05, 0.1) is 0 Å². The summed E-state index contributed by atoms with van der Waals surface area (Å²) in [5.41, 5.74) is -0.265. The molecule has 1 aromatic carbocycles. The van der Waals surface area contributed by atoms with Crippen LogP contribution in [0.5, 0.6) is 0 Å². The zero-order valence-electron chi connectivity index (χ0n) is 10.1. The molecule has 2 aliphatic rings. The summed E-state index contributed by atoms with van der Waals surface area (Å²) in [7, 11) is 0. The first-order chi connectivity index (χ1) is 8.73. The average molecular weight is 246 g/mol. The minimum atomic E-state index is -0.909. The van der Waals surface area contributed by atoms with Crippen LogP contribution in [0, 0.1) is 0 Å². The predicted octanol–water partition coefficient (Wildman–Crippen LogP) is 3.63. The molecule has 1 aromatic rings. The van der Waals surface area contributed by atoms with Crippen molar-refractivity contribution in [2.24, 2.45) is 0 Å². The van der Waals surface area contributed by atoms with E-state index >= 15 is 0 Å². The molecule has 0 unspecified atom stereocenters. The van der Waals surface area contributed by atoms with E-state index in [4.69, 9.17) is 4.74 Å². The number of carbonyl (C=O) groups excluding carboxylic acids is 1. The van der Waals surface area contributed by atoms with Crippen LogP contribution in [0.2, 0.25) is 0 Å². The minimum Gasteiger partial charge on any atom is -0.475 e. The van der Waals surface area contributed by atoms with E-state index in [1.54, 1.807) is 12.1 Å². The lowest BCUT2D eigenvalue weighted by Crippen LogP contribution is -2.39. The number of benzene rings is 1. The monoisotopic (exact) mass is 246 g/mol. The molecule has 0 bridgehead atoms. The van der Waals surface area contributed by atoms with Crippen molar-refractivity contribution in [1.82, 2.24) is 0 Å². The molecule has 94 valence electrons. The van der Waals surface area contributed by atoms with Gasteiger partial charge in [-0.25, -0.2) is 0 Å². The standard InChI is InChI=1S/C15H15FO2/c16-12-13(11-7-3-1-4-8-11)18-15(14(12)17)9-5-2-6-10-15/h1,3-4,7-8H,2,5-6,9-10H2. The number of ether oxygens (including phenoxy) is 1. The van der Waals surface area contributed by atoms with Gasteiger partial charge in [-0.05, 0) is 25.7 Å². The second kappa shape index (κ2) is 4.23. The van der Waals surface area contributed by atoms with E-state index in [0.717, 1.165) is 19.3 Å². The highest BCUT2D eigenvalue weighted by atomic mass is 19.1. The Morgan fingerprint density at radius 2 is 1.72 bits per heavy atom. The van der Waals surface area contributed by atoms with Gasteiger partial charge >= 0.3 is 0 Å². The molecule has 3 heteroatoms. The molecular weight excluding hydrogens is 231 g/mol. The number of hydrogen-bond acceptors (Lipinski definition) is 2. The van der Waals surface area contributed by atoms with E-state index in [9.17, 15) is 9.18 Å². The van der Waals surface area contributed by atoms with E-state index in [1.807, 2.05) is 18.2 Å². The van der Waals surface area contributed by atoms with Gasteiger partial charge in [0.15, 0.2) is 11.4 Å². The third-order valence-corrected chi connectivity index (χ3v) is 3.81. The van der Waals surface area contributed by atoms with E-state index in [1.165, 1.54) is 0 Å². The van der Waals surface area contributed by atoms with Crippen molar-refractivity contribution in [3.63, 3.8) is 0 Å². The number of hydrogen-bond donors (Lipinski definition) is 0. The van der Waals surface area contributed by atoms with Crippen molar-refractivity contribution in [2.45, 2.75) is 37.7 Å². The van der Waals surface area contributed by atoms with Gasteiger partial charge < -0.3 is 4.74 Å². The van der Waals surface area contributed by atoms with Crippen LogP contribution < -0.4 is 0 Å². The number of carbonyl (C=O) groups is 1. The Balaban J connectivity index is 1.96. The van der Waals surface area contributed by atoms with Crippen LogP contribution in [-0.4, -0.2) is 11.4 Å². The summed E-state index contributed by atoms with van der Waals surface area (Å²) in [6.45, 7) is 0. The molecule has 1 aliphatic heterocycles. The average Bonchev–Trinajstić information content (AvgIpc) is 2.67. The molecule has 1 saturated carbocycles. The topological polar surface area (TPSA) is 26.3 Å². The Morgan fingerprint density at radius 3 is 2.39 bits per heavy atom. The van der Waals surface area contributed by atoms with Gasteiger partial charge in [-0.15, -0.1) is 0 Å². The number of rotatable bonds is 1. The molecule has 0 radical (unpaired) electrons. The lowest BCUT2D eigenvalue weighted by molar-refractivity contribution is -0.133. The smallest absolute Gasteiger partial charge is 0.238 e.